The Labute approximate surface area is 172 Å². The van der Waals surface area contributed by atoms with Crippen LogP contribution in [0.3, 0.4) is 0 Å². The zero-order valence-electron chi connectivity index (χ0n) is 17.9. The third kappa shape index (κ3) is 5.79. The Morgan fingerprint density at radius 1 is 0.655 bits per heavy atom. The van der Waals surface area contributed by atoms with Crippen LogP contribution in [0.4, 0.5) is 0 Å². The molecule has 0 fully saturated rings. The summed E-state index contributed by atoms with van der Waals surface area (Å²) in [7, 11) is 8.23. The molecule has 0 aliphatic rings. The number of ether oxygens (including phenoxy) is 5. The van der Waals surface area contributed by atoms with E-state index in [1.807, 2.05) is 6.07 Å². The van der Waals surface area contributed by atoms with Crippen molar-refractivity contribution in [2.75, 3.05) is 35.5 Å². The van der Waals surface area contributed by atoms with Gasteiger partial charge in [0.2, 0.25) is 0 Å². The molecule has 0 saturated heterocycles. The number of benzene rings is 2. The van der Waals surface area contributed by atoms with Crippen LogP contribution < -0.4 is 9.47 Å². The molecule has 2 aromatic carbocycles. The molecular formula is C23H30O6. The summed E-state index contributed by atoms with van der Waals surface area (Å²) < 4.78 is 27.1. The highest BCUT2D eigenvalue weighted by Crippen LogP contribution is 2.31. The van der Waals surface area contributed by atoms with Gasteiger partial charge in [-0.3, -0.25) is 0 Å². The van der Waals surface area contributed by atoms with E-state index in [0.717, 1.165) is 45.4 Å². The molecule has 0 unspecified atom stereocenters. The molecule has 0 aliphatic heterocycles. The second-order valence-electron chi connectivity index (χ2n) is 6.74. The van der Waals surface area contributed by atoms with Gasteiger partial charge in [-0.25, -0.2) is 0 Å². The number of carbonyl (C=O) groups is 1. The van der Waals surface area contributed by atoms with Crippen LogP contribution in [0.1, 0.15) is 33.4 Å². The summed E-state index contributed by atoms with van der Waals surface area (Å²) in [5, 5.41) is 0. The first-order valence-electron chi connectivity index (χ1n) is 9.39. The van der Waals surface area contributed by atoms with Crippen molar-refractivity contribution >= 4 is 6.29 Å². The standard InChI is InChI=1S/C23H30O6/c1-25-13-19-10-16(9-18(6-7-24)22(19)28-4)8-17-11-20(14-26-2)23(29-5)21(12-17)15-27-3/h7,9-12H,6,8,13-15H2,1-5H3. The lowest BCUT2D eigenvalue weighted by molar-refractivity contribution is -0.107. The molecule has 0 amide bonds. The van der Waals surface area contributed by atoms with Gasteiger partial charge in [0.05, 0.1) is 34.0 Å². The molecule has 2 aromatic rings. The molecule has 0 bridgehead atoms. The third-order valence-corrected chi connectivity index (χ3v) is 4.62. The lowest BCUT2D eigenvalue weighted by Gasteiger charge is -2.17. The van der Waals surface area contributed by atoms with E-state index >= 15 is 0 Å². The monoisotopic (exact) mass is 402 g/mol. The number of methoxy groups -OCH3 is 5. The van der Waals surface area contributed by atoms with Gasteiger partial charge in [0, 0.05) is 50.0 Å². The third-order valence-electron chi connectivity index (χ3n) is 4.62. The minimum absolute atomic E-state index is 0.292. The molecule has 0 spiro atoms. The Morgan fingerprint density at radius 3 is 1.38 bits per heavy atom. The highest BCUT2D eigenvalue weighted by atomic mass is 16.5. The Kier molecular flexibility index (Phi) is 9.12. The summed E-state index contributed by atoms with van der Waals surface area (Å²) >= 11 is 0. The van der Waals surface area contributed by atoms with Crippen molar-refractivity contribution in [1.82, 2.24) is 0 Å². The second-order valence-corrected chi connectivity index (χ2v) is 6.74. The van der Waals surface area contributed by atoms with Gasteiger partial charge in [-0.1, -0.05) is 6.07 Å². The number of rotatable bonds is 12. The molecule has 0 heterocycles. The maximum atomic E-state index is 11.2. The minimum Gasteiger partial charge on any atom is -0.496 e. The first-order chi connectivity index (χ1) is 14.1. The summed E-state index contributed by atoms with van der Waals surface area (Å²) in [6.07, 6.45) is 1.86. The lowest BCUT2D eigenvalue weighted by Crippen LogP contribution is -2.05. The van der Waals surface area contributed by atoms with Gasteiger partial charge in [-0.15, -0.1) is 0 Å². The number of hydrogen-bond donors (Lipinski definition) is 0. The van der Waals surface area contributed by atoms with E-state index in [-0.39, 0.29) is 0 Å². The Balaban J connectivity index is 2.50. The van der Waals surface area contributed by atoms with Crippen LogP contribution >= 0.6 is 0 Å². The van der Waals surface area contributed by atoms with Crippen molar-refractivity contribution in [1.29, 1.82) is 0 Å². The highest BCUT2D eigenvalue weighted by molar-refractivity contribution is 5.60. The van der Waals surface area contributed by atoms with E-state index in [0.29, 0.717) is 38.4 Å². The Morgan fingerprint density at radius 2 is 1.03 bits per heavy atom. The van der Waals surface area contributed by atoms with Crippen LogP contribution in [0.25, 0.3) is 0 Å². The molecule has 6 heteroatoms. The van der Waals surface area contributed by atoms with Gasteiger partial charge in [0.25, 0.3) is 0 Å². The summed E-state index contributed by atoms with van der Waals surface area (Å²) in [4.78, 5) is 11.2. The fourth-order valence-electron chi connectivity index (χ4n) is 3.65. The van der Waals surface area contributed by atoms with E-state index in [9.17, 15) is 4.79 Å². The summed E-state index contributed by atoms with van der Waals surface area (Å²) in [6, 6.07) is 8.25. The molecule has 6 nitrogen and oxygen atoms in total. The van der Waals surface area contributed by atoms with Gasteiger partial charge in [-0.2, -0.15) is 0 Å². The SMILES string of the molecule is COCc1cc(Cc2cc(COC)c(OC)c(COC)c2)cc(CC=O)c1OC. The average molecular weight is 402 g/mol. The summed E-state index contributed by atoms with van der Waals surface area (Å²) in [6.45, 7) is 1.30. The molecule has 0 aromatic heterocycles. The fraction of sp³-hybridized carbons (Fsp3) is 0.435. The maximum absolute atomic E-state index is 11.2. The Bertz CT molecular complexity index is 788. The van der Waals surface area contributed by atoms with Crippen molar-refractivity contribution in [2.45, 2.75) is 32.7 Å². The predicted octanol–water partition coefficient (Wildman–Crippen LogP) is 3.48. The van der Waals surface area contributed by atoms with Gasteiger partial charge in [0.15, 0.2) is 0 Å². The number of hydrogen-bond acceptors (Lipinski definition) is 6. The first-order valence-corrected chi connectivity index (χ1v) is 9.39. The average Bonchev–Trinajstić information content (AvgIpc) is 2.69. The second kappa shape index (κ2) is 11.6. The van der Waals surface area contributed by atoms with Crippen molar-refractivity contribution in [3.05, 3.63) is 57.6 Å². The molecular weight excluding hydrogens is 372 g/mol. The van der Waals surface area contributed by atoms with E-state index in [1.54, 1.807) is 35.5 Å². The zero-order chi connectivity index (χ0) is 21.2. The van der Waals surface area contributed by atoms with Crippen molar-refractivity contribution in [3.63, 3.8) is 0 Å². The molecule has 29 heavy (non-hydrogen) atoms. The topological polar surface area (TPSA) is 63.2 Å². The maximum Gasteiger partial charge on any atom is 0.129 e. The van der Waals surface area contributed by atoms with Crippen LogP contribution in [0.15, 0.2) is 24.3 Å². The van der Waals surface area contributed by atoms with Gasteiger partial charge in [-0.05, 0) is 35.7 Å². The van der Waals surface area contributed by atoms with Gasteiger partial charge in [0.1, 0.15) is 17.8 Å². The zero-order valence-corrected chi connectivity index (χ0v) is 17.9. The fourth-order valence-corrected chi connectivity index (χ4v) is 3.65. The summed E-state index contributed by atoms with van der Waals surface area (Å²) in [5.41, 5.74) is 5.90. The van der Waals surface area contributed by atoms with Crippen molar-refractivity contribution < 1.29 is 28.5 Å². The molecule has 0 N–H and O–H groups in total. The van der Waals surface area contributed by atoms with E-state index in [2.05, 4.69) is 18.2 Å². The normalized spacial score (nSPS) is 10.8. The van der Waals surface area contributed by atoms with E-state index in [1.165, 1.54) is 0 Å². The quantitative estimate of drug-likeness (QED) is 0.507. The smallest absolute Gasteiger partial charge is 0.129 e. The number of aldehydes is 1. The summed E-state index contributed by atoms with van der Waals surface area (Å²) in [5.74, 6) is 1.49. The van der Waals surface area contributed by atoms with Crippen LogP contribution in [-0.2, 0) is 51.7 Å². The predicted molar refractivity (Wildman–Crippen MR) is 111 cm³/mol. The molecule has 0 aliphatic carbocycles. The largest absolute Gasteiger partial charge is 0.496 e. The van der Waals surface area contributed by atoms with Gasteiger partial charge >= 0.3 is 0 Å². The Hall–Kier alpha value is -2.41. The lowest BCUT2D eigenvalue weighted by atomic mass is 9.95. The highest BCUT2D eigenvalue weighted by Gasteiger charge is 2.15. The van der Waals surface area contributed by atoms with Crippen LogP contribution in [0, 0.1) is 0 Å². The van der Waals surface area contributed by atoms with E-state index in [4.69, 9.17) is 23.7 Å². The molecule has 2 rings (SSSR count). The number of carbonyl (C=O) groups excluding carboxylic acids is 1. The molecule has 0 saturated carbocycles. The van der Waals surface area contributed by atoms with Gasteiger partial charge < -0.3 is 28.5 Å². The molecule has 158 valence electrons. The van der Waals surface area contributed by atoms with Crippen molar-refractivity contribution in [3.8, 4) is 11.5 Å². The van der Waals surface area contributed by atoms with Crippen LogP contribution in [-0.4, -0.2) is 41.8 Å². The minimum atomic E-state index is 0.292. The van der Waals surface area contributed by atoms with Crippen LogP contribution in [0.2, 0.25) is 0 Å². The van der Waals surface area contributed by atoms with E-state index < -0.39 is 0 Å². The molecule has 0 atom stereocenters. The van der Waals surface area contributed by atoms with Crippen LogP contribution in [0.5, 0.6) is 11.5 Å². The first kappa shape index (κ1) is 22.9. The van der Waals surface area contributed by atoms with Crippen molar-refractivity contribution in [2.24, 2.45) is 0 Å². The molecule has 0 radical (unpaired) electrons.